The van der Waals surface area contributed by atoms with Crippen molar-refractivity contribution in [1.29, 1.82) is 0 Å². The molecule has 1 rings (SSSR count). The monoisotopic (exact) mass is 288 g/mol. The van der Waals surface area contributed by atoms with E-state index in [1.807, 2.05) is 0 Å². The fourth-order valence-corrected chi connectivity index (χ4v) is 2.32. The van der Waals surface area contributed by atoms with Crippen molar-refractivity contribution in [3.63, 3.8) is 0 Å². The number of benzene rings is 1. The number of amides is 1. The molecule has 7 heteroatoms. The minimum Gasteiger partial charge on any atom is -0.399 e. The minimum atomic E-state index is -3.08. The zero-order chi connectivity index (χ0) is 14.5. The molecular formula is C12H17FN2O3S. The van der Waals surface area contributed by atoms with Gasteiger partial charge in [0, 0.05) is 17.9 Å². The molecule has 0 atom stereocenters. The van der Waals surface area contributed by atoms with E-state index < -0.39 is 21.6 Å². The summed E-state index contributed by atoms with van der Waals surface area (Å²) in [6.45, 7) is 1.55. The first-order chi connectivity index (χ1) is 8.84. The van der Waals surface area contributed by atoms with E-state index >= 15 is 0 Å². The maximum atomic E-state index is 13.3. The Morgan fingerprint density at radius 1 is 1.42 bits per heavy atom. The Morgan fingerprint density at radius 2 is 2.11 bits per heavy atom. The fraction of sp³-hybridized carbons (Fsp3) is 0.417. The molecule has 0 bridgehead atoms. The third-order valence-corrected chi connectivity index (χ3v) is 4.35. The van der Waals surface area contributed by atoms with Crippen molar-refractivity contribution in [3.8, 4) is 0 Å². The van der Waals surface area contributed by atoms with Crippen molar-refractivity contribution in [2.45, 2.75) is 19.8 Å². The second kappa shape index (κ2) is 6.51. The number of nitrogen functional groups attached to an aromatic ring is 1. The fourth-order valence-electron chi connectivity index (χ4n) is 1.45. The van der Waals surface area contributed by atoms with Gasteiger partial charge in [0.25, 0.3) is 0 Å². The highest BCUT2D eigenvalue weighted by Gasteiger charge is 2.11. The second-order valence-electron chi connectivity index (χ2n) is 4.13. The Hall–Kier alpha value is -1.63. The lowest BCUT2D eigenvalue weighted by Gasteiger charge is -2.07. The number of nitrogens with one attached hydrogen (secondary N) is 1. The van der Waals surface area contributed by atoms with Crippen LogP contribution in [0, 0.1) is 5.82 Å². The van der Waals surface area contributed by atoms with Gasteiger partial charge in [-0.1, -0.05) is 6.92 Å². The lowest BCUT2D eigenvalue weighted by molar-refractivity contribution is -0.116. The topological polar surface area (TPSA) is 89.3 Å². The second-order valence-corrected chi connectivity index (χ2v) is 6.60. The average molecular weight is 288 g/mol. The van der Waals surface area contributed by atoms with Gasteiger partial charge in [0.15, 0.2) is 0 Å². The van der Waals surface area contributed by atoms with E-state index in [9.17, 15) is 17.6 Å². The molecule has 0 spiro atoms. The highest BCUT2D eigenvalue weighted by Crippen LogP contribution is 2.17. The van der Waals surface area contributed by atoms with Crippen LogP contribution in [0.25, 0.3) is 0 Å². The smallest absolute Gasteiger partial charge is 0.224 e. The van der Waals surface area contributed by atoms with Crippen molar-refractivity contribution in [2.24, 2.45) is 0 Å². The summed E-state index contributed by atoms with van der Waals surface area (Å²) < 4.78 is 35.8. The van der Waals surface area contributed by atoms with Crippen LogP contribution < -0.4 is 11.1 Å². The third kappa shape index (κ3) is 5.25. The molecule has 19 heavy (non-hydrogen) atoms. The predicted octanol–water partition coefficient (Wildman–Crippen LogP) is 1.56. The zero-order valence-electron chi connectivity index (χ0n) is 10.6. The lowest BCUT2D eigenvalue weighted by Crippen LogP contribution is -2.15. The first kappa shape index (κ1) is 15.4. The molecule has 1 aromatic carbocycles. The summed E-state index contributed by atoms with van der Waals surface area (Å²) >= 11 is 0. The van der Waals surface area contributed by atoms with Gasteiger partial charge in [0.1, 0.15) is 15.7 Å². The summed E-state index contributed by atoms with van der Waals surface area (Å²) in [5.41, 5.74) is 5.82. The highest BCUT2D eigenvalue weighted by molar-refractivity contribution is 7.91. The van der Waals surface area contributed by atoms with E-state index in [0.717, 1.165) is 6.07 Å². The number of carbonyl (C=O) groups excluding carboxylic acids is 1. The SMILES string of the molecule is CCS(=O)(=O)CCCC(=O)Nc1cc(N)ccc1F. The zero-order valence-corrected chi connectivity index (χ0v) is 11.5. The van der Waals surface area contributed by atoms with Gasteiger partial charge in [-0.2, -0.15) is 0 Å². The molecule has 0 aliphatic carbocycles. The van der Waals surface area contributed by atoms with E-state index in [0.29, 0.717) is 5.69 Å². The maximum absolute atomic E-state index is 13.3. The summed E-state index contributed by atoms with van der Waals surface area (Å²) in [5.74, 6) is -1.01. The van der Waals surface area contributed by atoms with Crippen LogP contribution in [0.1, 0.15) is 19.8 Å². The van der Waals surface area contributed by atoms with Crippen LogP contribution in [0.2, 0.25) is 0 Å². The molecule has 106 valence electrons. The number of anilines is 2. The molecule has 5 nitrogen and oxygen atoms in total. The molecule has 0 saturated heterocycles. The minimum absolute atomic E-state index is 0.00310. The molecule has 1 aromatic rings. The lowest BCUT2D eigenvalue weighted by atomic mass is 10.2. The van der Waals surface area contributed by atoms with E-state index in [2.05, 4.69) is 5.32 Å². The molecule has 0 aliphatic rings. The Bertz CT molecular complexity index is 558. The number of halogens is 1. The van der Waals surface area contributed by atoms with Crippen molar-refractivity contribution in [3.05, 3.63) is 24.0 Å². The Labute approximate surface area is 111 Å². The Kier molecular flexibility index (Phi) is 5.29. The number of hydrogen-bond acceptors (Lipinski definition) is 4. The summed E-state index contributed by atoms with van der Waals surface area (Å²) in [5, 5.41) is 2.37. The summed E-state index contributed by atoms with van der Waals surface area (Å²) in [6, 6.07) is 3.86. The first-order valence-corrected chi connectivity index (χ1v) is 7.71. The quantitative estimate of drug-likeness (QED) is 0.777. The molecule has 3 N–H and O–H groups in total. The van der Waals surface area contributed by atoms with Crippen molar-refractivity contribution >= 4 is 27.1 Å². The van der Waals surface area contributed by atoms with Crippen LogP contribution in [0.4, 0.5) is 15.8 Å². The van der Waals surface area contributed by atoms with Crippen LogP contribution in [0.15, 0.2) is 18.2 Å². The van der Waals surface area contributed by atoms with E-state index in [1.165, 1.54) is 12.1 Å². The molecule has 0 heterocycles. The van der Waals surface area contributed by atoms with E-state index in [1.54, 1.807) is 6.92 Å². The van der Waals surface area contributed by atoms with Gasteiger partial charge < -0.3 is 11.1 Å². The van der Waals surface area contributed by atoms with E-state index in [-0.39, 0.29) is 30.0 Å². The van der Waals surface area contributed by atoms with Gasteiger partial charge in [0.05, 0.1) is 11.4 Å². The van der Waals surface area contributed by atoms with Crippen molar-refractivity contribution < 1.29 is 17.6 Å². The Balaban J connectivity index is 2.50. The third-order valence-electron chi connectivity index (χ3n) is 2.56. The number of carbonyl (C=O) groups is 1. The molecular weight excluding hydrogens is 271 g/mol. The van der Waals surface area contributed by atoms with E-state index in [4.69, 9.17) is 5.73 Å². The molecule has 0 aromatic heterocycles. The van der Waals surface area contributed by atoms with Crippen LogP contribution in [0.5, 0.6) is 0 Å². The molecule has 1 amide bonds. The van der Waals surface area contributed by atoms with Gasteiger partial charge in [-0.15, -0.1) is 0 Å². The Morgan fingerprint density at radius 3 is 2.74 bits per heavy atom. The van der Waals surface area contributed by atoms with Crippen LogP contribution >= 0.6 is 0 Å². The summed E-state index contributed by atoms with van der Waals surface area (Å²) in [4.78, 5) is 11.5. The largest absolute Gasteiger partial charge is 0.399 e. The van der Waals surface area contributed by atoms with Gasteiger partial charge >= 0.3 is 0 Å². The number of sulfone groups is 1. The predicted molar refractivity (Wildman–Crippen MR) is 73.0 cm³/mol. The summed E-state index contributed by atoms with van der Waals surface area (Å²) in [6.07, 6.45) is 0.236. The molecule has 0 radical (unpaired) electrons. The van der Waals surface area contributed by atoms with Crippen molar-refractivity contribution in [2.75, 3.05) is 22.6 Å². The summed E-state index contributed by atoms with van der Waals surface area (Å²) in [7, 11) is -3.08. The maximum Gasteiger partial charge on any atom is 0.224 e. The van der Waals surface area contributed by atoms with Crippen LogP contribution in [-0.2, 0) is 14.6 Å². The first-order valence-electron chi connectivity index (χ1n) is 5.89. The molecule has 0 saturated carbocycles. The van der Waals surface area contributed by atoms with Crippen molar-refractivity contribution in [1.82, 2.24) is 0 Å². The number of nitrogens with two attached hydrogens (primary N) is 1. The number of hydrogen-bond donors (Lipinski definition) is 2. The molecule has 0 aliphatic heterocycles. The van der Waals surface area contributed by atoms with Gasteiger partial charge in [-0.05, 0) is 24.6 Å². The number of rotatable bonds is 6. The normalized spacial score (nSPS) is 11.3. The average Bonchev–Trinajstić information content (AvgIpc) is 2.33. The highest BCUT2D eigenvalue weighted by atomic mass is 32.2. The standard InChI is InChI=1S/C12H17FN2O3S/c1-2-19(17,18)7-3-4-12(16)15-11-8-9(14)5-6-10(11)13/h5-6,8H,2-4,7,14H2,1H3,(H,15,16). The van der Waals surface area contributed by atoms with Crippen LogP contribution in [-0.4, -0.2) is 25.8 Å². The van der Waals surface area contributed by atoms with Crippen LogP contribution in [0.3, 0.4) is 0 Å². The molecule has 0 fully saturated rings. The molecule has 0 unspecified atom stereocenters. The van der Waals surface area contributed by atoms with Gasteiger partial charge in [0.2, 0.25) is 5.91 Å². The van der Waals surface area contributed by atoms with Gasteiger partial charge in [-0.3, -0.25) is 4.79 Å². The van der Waals surface area contributed by atoms with Gasteiger partial charge in [-0.25, -0.2) is 12.8 Å².